The van der Waals surface area contributed by atoms with Gasteiger partial charge in [-0.1, -0.05) is 0 Å². The summed E-state index contributed by atoms with van der Waals surface area (Å²) < 4.78 is 35.3. The molecular formula is C9H19NO5S. The third kappa shape index (κ3) is 3.67. The molecule has 1 unspecified atom stereocenters. The van der Waals surface area contributed by atoms with Crippen molar-refractivity contribution in [3.05, 3.63) is 0 Å². The van der Waals surface area contributed by atoms with E-state index in [0.29, 0.717) is 19.8 Å². The second-order valence-electron chi connectivity index (χ2n) is 3.53. The van der Waals surface area contributed by atoms with Crippen LogP contribution in [0.15, 0.2) is 0 Å². The molecule has 1 aliphatic heterocycles. The zero-order chi connectivity index (χ0) is 12.0. The Kier molecular flexibility index (Phi) is 5.63. The van der Waals surface area contributed by atoms with Gasteiger partial charge in [-0.3, -0.25) is 0 Å². The topological polar surface area (TPSA) is 76.1 Å². The Morgan fingerprint density at radius 3 is 2.94 bits per heavy atom. The first kappa shape index (κ1) is 13.9. The standard InChI is InChI=1S/C9H19NO5S/c1-2-14-5-6-16(12,13)10-3-4-15-8-9(10)7-11/h9,11H,2-8H2,1H3. The first-order valence-electron chi connectivity index (χ1n) is 5.37. The largest absolute Gasteiger partial charge is 0.395 e. The van der Waals surface area contributed by atoms with Crippen LogP contribution in [0, 0.1) is 0 Å². The van der Waals surface area contributed by atoms with Gasteiger partial charge in [0, 0.05) is 13.2 Å². The summed E-state index contributed by atoms with van der Waals surface area (Å²) in [5.41, 5.74) is 0. The minimum atomic E-state index is -3.35. The van der Waals surface area contributed by atoms with Crippen LogP contribution in [0.25, 0.3) is 0 Å². The molecule has 6 nitrogen and oxygen atoms in total. The van der Waals surface area contributed by atoms with Crippen molar-refractivity contribution < 1.29 is 23.0 Å². The lowest BCUT2D eigenvalue weighted by Crippen LogP contribution is -2.51. The molecule has 0 aliphatic carbocycles. The fraction of sp³-hybridized carbons (Fsp3) is 1.00. The van der Waals surface area contributed by atoms with Crippen LogP contribution in [-0.2, 0) is 19.5 Å². The monoisotopic (exact) mass is 253 g/mol. The van der Waals surface area contributed by atoms with E-state index in [-0.39, 0.29) is 25.6 Å². The van der Waals surface area contributed by atoms with Gasteiger partial charge in [-0.15, -0.1) is 0 Å². The maximum absolute atomic E-state index is 11.9. The number of aliphatic hydroxyl groups is 1. The lowest BCUT2D eigenvalue weighted by atomic mass is 10.3. The lowest BCUT2D eigenvalue weighted by Gasteiger charge is -2.33. The summed E-state index contributed by atoms with van der Waals surface area (Å²) >= 11 is 0. The van der Waals surface area contributed by atoms with Gasteiger partial charge in [-0.05, 0) is 6.92 Å². The van der Waals surface area contributed by atoms with Crippen LogP contribution >= 0.6 is 0 Å². The molecule has 0 amide bonds. The van der Waals surface area contributed by atoms with Crippen molar-refractivity contribution in [3.63, 3.8) is 0 Å². The number of morpholine rings is 1. The molecule has 0 radical (unpaired) electrons. The average molecular weight is 253 g/mol. The van der Waals surface area contributed by atoms with Gasteiger partial charge in [0.2, 0.25) is 10.0 Å². The molecule has 0 aromatic heterocycles. The Hall–Kier alpha value is -0.210. The molecule has 0 aromatic carbocycles. The van der Waals surface area contributed by atoms with Crippen molar-refractivity contribution in [2.45, 2.75) is 13.0 Å². The SMILES string of the molecule is CCOCCS(=O)(=O)N1CCOCC1CO. The maximum Gasteiger partial charge on any atom is 0.216 e. The van der Waals surface area contributed by atoms with E-state index in [1.54, 1.807) is 0 Å². The smallest absolute Gasteiger partial charge is 0.216 e. The fourth-order valence-corrected chi connectivity index (χ4v) is 3.07. The summed E-state index contributed by atoms with van der Waals surface area (Å²) in [6, 6.07) is -0.458. The van der Waals surface area contributed by atoms with E-state index in [4.69, 9.17) is 14.6 Å². The molecule has 0 bridgehead atoms. The molecule has 0 saturated carbocycles. The van der Waals surface area contributed by atoms with Crippen LogP contribution in [0.5, 0.6) is 0 Å². The van der Waals surface area contributed by atoms with Crippen LogP contribution in [0.1, 0.15) is 6.92 Å². The number of aliphatic hydroxyl groups excluding tert-OH is 1. The number of ether oxygens (including phenoxy) is 2. The Morgan fingerprint density at radius 1 is 1.56 bits per heavy atom. The summed E-state index contributed by atoms with van der Waals surface area (Å²) in [6.07, 6.45) is 0. The number of hydrogen-bond acceptors (Lipinski definition) is 5. The first-order valence-corrected chi connectivity index (χ1v) is 6.98. The summed E-state index contributed by atoms with van der Waals surface area (Å²) in [7, 11) is -3.35. The highest BCUT2D eigenvalue weighted by Crippen LogP contribution is 2.12. The minimum Gasteiger partial charge on any atom is -0.395 e. The highest BCUT2D eigenvalue weighted by molar-refractivity contribution is 7.89. The third-order valence-corrected chi connectivity index (χ3v) is 4.31. The summed E-state index contributed by atoms with van der Waals surface area (Å²) in [4.78, 5) is 0. The number of nitrogens with zero attached hydrogens (tertiary/aromatic N) is 1. The van der Waals surface area contributed by atoms with Gasteiger partial charge in [0.05, 0.1) is 38.2 Å². The van der Waals surface area contributed by atoms with Gasteiger partial charge >= 0.3 is 0 Å². The van der Waals surface area contributed by atoms with Gasteiger partial charge in [-0.2, -0.15) is 4.31 Å². The van der Waals surface area contributed by atoms with Gasteiger partial charge in [-0.25, -0.2) is 8.42 Å². The van der Waals surface area contributed by atoms with Crippen LogP contribution in [0.4, 0.5) is 0 Å². The predicted molar refractivity (Wildman–Crippen MR) is 58.7 cm³/mol. The van der Waals surface area contributed by atoms with Gasteiger partial charge in [0.15, 0.2) is 0 Å². The number of rotatable bonds is 6. The zero-order valence-electron chi connectivity index (χ0n) is 9.46. The molecule has 7 heteroatoms. The highest BCUT2D eigenvalue weighted by atomic mass is 32.2. The predicted octanol–water partition coefficient (Wildman–Crippen LogP) is -0.954. The molecule has 96 valence electrons. The highest BCUT2D eigenvalue weighted by Gasteiger charge is 2.31. The van der Waals surface area contributed by atoms with Crippen molar-refractivity contribution in [1.82, 2.24) is 4.31 Å². The average Bonchev–Trinajstić information content (AvgIpc) is 2.29. The van der Waals surface area contributed by atoms with Crippen molar-refractivity contribution in [3.8, 4) is 0 Å². The van der Waals surface area contributed by atoms with Crippen LogP contribution in [0.2, 0.25) is 0 Å². The molecule has 1 rings (SSSR count). The molecule has 0 spiro atoms. The van der Waals surface area contributed by atoms with Crippen LogP contribution < -0.4 is 0 Å². The Morgan fingerprint density at radius 2 is 2.31 bits per heavy atom. The first-order chi connectivity index (χ1) is 7.61. The maximum atomic E-state index is 11.9. The second kappa shape index (κ2) is 6.51. The molecule has 1 saturated heterocycles. The molecule has 1 atom stereocenters. The van der Waals surface area contributed by atoms with Crippen molar-refractivity contribution >= 4 is 10.0 Å². The molecule has 1 aliphatic rings. The minimum absolute atomic E-state index is 0.0443. The van der Waals surface area contributed by atoms with E-state index in [1.165, 1.54) is 4.31 Å². The second-order valence-corrected chi connectivity index (χ2v) is 5.58. The molecule has 16 heavy (non-hydrogen) atoms. The van der Waals surface area contributed by atoms with Crippen molar-refractivity contribution in [2.24, 2.45) is 0 Å². The quantitative estimate of drug-likeness (QED) is 0.617. The fourth-order valence-electron chi connectivity index (χ4n) is 1.58. The number of sulfonamides is 1. The van der Waals surface area contributed by atoms with Gasteiger partial charge in [0.25, 0.3) is 0 Å². The van der Waals surface area contributed by atoms with Crippen molar-refractivity contribution in [1.29, 1.82) is 0 Å². The molecule has 1 fully saturated rings. The van der Waals surface area contributed by atoms with Crippen LogP contribution in [-0.4, -0.2) is 69.2 Å². The van der Waals surface area contributed by atoms with Gasteiger partial charge in [0.1, 0.15) is 0 Å². The number of hydrogen-bond donors (Lipinski definition) is 1. The van der Waals surface area contributed by atoms with E-state index in [1.807, 2.05) is 6.92 Å². The zero-order valence-corrected chi connectivity index (χ0v) is 10.3. The Balaban J connectivity index is 2.57. The molecular weight excluding hydrogens is 234 g/mol. The van der Waals surface area contributed by atoms with E-state index < -0.39 is 16.1 Å². The Labute approximate surface area is 96.2 Å². The Bertz CT molecular complexity index is 292. The molecule has 1 heterocycles. The third-order valence-electron chi connectivity index (χ3n) is 2.43. The van der Waals surface area contributed by atoms with E-state index in [0.717, 1.165) is 0 Å². The van der Waals surface area contributed by atoms with E-state index in [2.05, 4.69) is 0 Å². The molecule has 1 N–H and O–H groups in total. The van der Waals surface area contributed by atoms with Crippen molar-refractivity contribution in [2.75, 3.05) is 45.3 Å². The normalized spacial score (nSPS) is 23.5. The van der Waals surface area contributed by atoms with E-state index in [9.17, 15) is 8.42 Å². The van der Waals surface area contributed by atoms with Gasteiger partial charge < -0.3 is 14.6 Å². The summed E-state index contributed by atoms with van der Waals surface area (Å²) in [5.74, 6) is -0.0443. The lowest BCUT2D eigenvalue weighted by molar-refractivity contribution is 0.0106. The van der Waals surface area contributed by atoms with Crippen LogP contribution in [0.3, 0.4) is 0 Å². The summed E-state index contributed by atoms with van der Waals surface area (Å²) in [6.45, 7) is 3.23. The molecule has 0 aromatic rings. The summed E-state index contributed by atoms with van der Waals surface area (Å²) in [5, 5.41) is 9.08. The van der Waals surface area contributed by atoms with E-state index >= 15 is 0 Å².